The first-order valence-electron chi connectivity index (χ1n) is 14.7. The smallest absolute Gasteiger partial charge is 0.326 e. The first-order chi connectivity index (χ1) is 22.8. The minimum Gasteiger partial charge on any atom is -0.462 e. The number of nitrogens with zero attached hydrogens (tertiary/aromatic N) is 1. The minimum atomic E-state index is -1.79. The van der Waals surface area contributed by atoms with E-state index in [1.165, 1.54) is 4.90 Å². The van der Waals surface area contributed by atoms with Crippen LogP contribution >= 0.6 is 11.8 Å². The summed E-state index contributed by atoms with van der Waals surface area (Å²) >= 11 is 1.01. The fourth-order valence-corrected chi connectivity index (χ4v) is 6.61. The van der Waals surface area contributed by atoms with Crippen LogP contribution in [0.25, 0.3) is 0 Å². The van der Waals surface area contributed by atoms with Crippen LogP contribution in [0.15, 0.2) is 0 Å². The lowest BCUT2D eigenvalue weighted by molar-refractivity contribution is -0.212. The number of ether oxygens (including phenoxy) is 9. The SMILES string of the molecule is CC(=O)OC[C@H](OC(C)=O)[C@H](OC(C)=O)[C@@H](OC(C)=O)[C@H]1SC[C@H]2C(=O)O[C@@H]([C@@H](OC(C)=O)[C@@H](OC(C)=O)[C@H](COC(C)=O)OC(C)=O)N12. The Morgan fingerprint density at radius 2 is 1.00 bits per heavy atom. The molecule has 0 aromatic heterocycles. The molecule has 2 fully saturated rings. The Bertz CT molecular complexity index is 1300. The molecule has 2 aliphatic rings. The molecule has 20 heteroatoms. The normalized spacial score (nSPS) is 22.0. The standard InChI is InChI=1S/C29H39NO18S/c1-12(31)40-9-21(42-14(3)33)23(44-16(5)35)25(46-18(7)37)27-30-20(29(39)48-27)11-49-28(30)26(47-19(8)38)24(45-17(6)36)22(43-15(4)34)10-41-13(2)32/h20-28H,9-11H2,1-8H3/t20-,21-,22-,23-,24-,25-,26+,27-,28+/m0/s1. The Morgan fingerprint density at radius 3 is 1.39 bits per heavy atom. The Hall–Kier alpha value is -4.46. The fourth-order valence-electron chi connectivity index (χ4n) is 5.08. The molecule has 274 valence electrons. The molecule has 2 aliphatic heterocycles. The summed E-state index contributed by atoms with van der Waals surface area (Å²) in [6.07, 6.45) is -11.6. The molecule has 2 saturated heterocycles. The van der Waals surface area contributed by atoms with Crippen LogP contribution in [-0.4, -0.2) is 132 Å². The zero-order valence-corrected chi connectivity index (χ0v) is 28.8. The van der Waals surface area contributed by atoms with Crippen molar-refractivity contribution in [1.29, 1.82) is 0 Å². The maximum absolute atomic E-state index is 13.3. The Morgan fingerprint density at radius 1 is 0.612 bits per heavy atom. The summed E-state index contributed by atoms with van der Waals surface area (Å²) in [7, 11) is 0. The molecule has 9 atom stereocenters. The van der Waals surface area contributed by atoms with E-state index in [-0.39, 0.29) is 5.75 Å². The summed E-state index contributed by atoms with van der Waals surface area (Å²) in [5.74, 6) is -8.02. The van der Waals surface area contributed by atoms with Gasteiger partial charge in [0.05, 0.1) is 0 Å². The second-order valence-corrected chi connectivity index (χ2v) is 11.9. The van der Waals surface area contributed by atoms with E-state index in [2.05, 4.69) is 0 Å². The molecule has 0 spiro atoms. The van der Waals surface area contributed by atoms with Crippen molar-refractivity contribution in [3.05, 3.63) is 0 Å². The summed E-state index contributed by atoms with van der Waals surface area (Å²) in [5, 5.41) is -1.22. The largest absolute Gasteiger partial charge is 0.462 e. The topological polar surface area (TPSA) is 240 Å². The average Bonchev–Trinajstić information content (AvgIpc) is 3.53. The van der Waals surface area contributed by atoms with Gasteiger partial charge in [-0.05, 0) is 0 Å². The summed E-state index contributed by atoms with van der Waals surface area (Å²) in [6.45, 7) is 6.88. The lowest BCUT2D eigenvalue weighted by Gasteiger charge is -2.40. The second kappa shape index (κ2) is 18.3. The van der Waals surface area contributed by atoms with Gasteiger partial charge in [-0.2, -0.15) is 0 Å². The highest BCUT2D eigenvalue weighted by Gasteiger charge is 2.61. The molecule has 0 radical (unpaired) electrons. The Kier molecular flexibility index (Phi) is 15.2. The summed E-state index contributed by atoms with van der Waals surface area (Å²) in [5.41, 5.74) is 0. The van der Waals surface area contributed by atoms with Gasteiger partial charge in [0.1, 0.15) is 24.6 Å². The third kappa shape index (κ3) is 12.2. The van der Waals surface area contributed by atoms with Crippen LogP contribution in [0.3, 0.4) is 0 Å². The fraction of sp³-hybridized carbons (Fsp3) is 0.690. The minimum absolute atomic E-state index is 0.0292. The number of cyclic esters (lactones) is 1. The van der Waals surface area contributed by atoms with Crippen LogP contribution in [0.4, 0.5) is 0 Å². The Labute approximate surface area is 284 Å². The number of esters is 9. The highest BCUT2D eigenvalue weighted by Crippen LogP contribution is 2.43. The third-order valence-electron chi connectivity index (χ3n) is 6.57. The van der Waals surface area contributed by atoms with Crippen molar-refractivity contribution in [3.63, 3.8) is 0 Å². The summed E-state index contributed by atoms with van der Waals surface area (Å²) in [6, 6.07) is -1.13. The second-order valence-electron chi connectivity index (χ2n) is 10.7. The molecule has 0 bridgehead atoms. The molecular weight excluding hydrogens is 682 g/mol. The number of thioether (sulfide) groups is 1. The molecule has 0 aromatic carbocycles. The van der Waals surface area contributed by atoms with Gasteiger partial charge in [0.2, 0.25) is 0 Å². The van der Waals surface area contributed by atoms with Crippen LogP contribution in [0, 0.1) is 0 Å². The van der Waals surface area contributed by atoms with Crippen LogP contribution in [0.2, 0.25) is 0 Å². The number of rotatable bonds is 16. The monoisotopic (exact) mass is 721 g/mol. The van der Waals surface area contributed by atoms with Gasteiger partial charge < -0.3 is 42.6 Å². The molecule has 0 aliphatic carbocycles. The van der Waals surface area contributed by atoms with Gasteiger partial charge in [0.15, 0.2) is 42.9 Å². The number of hydrogen-bond acceptors (Lipinski definition) is 20. The van der Waals surface area contributed by atoms with Crippen LogP contribution in [-0.2, 0) is 85.8 Å². The van der Waals surface area contributed by atoms with E-state index in [4.69, 9.17) is 42.6 Å². The van der Waals surface area contributed by atoms with E-state index in [1.54, 1.807) is 0 Å². The van der Waals surface area contributed by atoms with E-state index in [9.17, 15) is 43.2 Å². The molecular formula is C29H39NO18S. The van der Waals surface area contributed by atoms with Gasteiger partial charge >= 0.3 is 53.7 Å². The molecule has 0 saturated carbocycles. The van der Waals surface area contributed by atoms with Crippen molar-refractivity contribution in [1.82, 2.24) is 4.90 Å². The quantitative estimate of drug-likeness (QED) is 0.142. The highest BCUT2D eigenvalue weighted by atomic mass is 32.2. The van der Waals surface area contributed by atoms with Crippen molar-refractivity contribution in [2.24, 2.45) is 0 Å². The number of hydrogen-bond donors (Lipinski definition) is 0. The lowest BCUT2D eigenvalue weighted by Crippen LogP contribution is -2.60. The molecule has 2 rings (SSSR count). The summed E-state index contributed by atoms with van der Waals surface area (Å²) in [4.78, 5) is 112. The van der Waals surface area contributed by atoms with Gasteiger partial charge in [0, 0.05) is 61.1 Å². The maximum atomic E-state index is 13.3. The van der Waals surface area contributed by atoms with E-state index >= 15 is 0 Å². The number of carbonyl (C=O) groups is 9. The molecule has 0 aromatic rings. The Balaban J connectivity index is 2.76. The first kappa shape index (κ1) is 40.7. The van der Waals surface area contributed by atoms with Crippen molar-refractivity contribution in [2.75, 3.05) is 19.0 Å². The zero-order valence-electron chi connectivity index (χ0n) is 28.0. The van der Waals surface area contributed by atoms with Gasteiger partial charge in [0.25, 0.3) is 0 Å². The lowest BCUT2D eigenvalue weighted by atomic mass is 10.0. The van der Waals surface area contributed by atoms with Crippen LogP contribution in [0.5, 0.6) is 0 Å². The molecule has 0 unspecified atom stereocenters. The first-order valence-corrected chi connectivity index (χ1v) is 15.8. The molecule has 2 heterocycles. The van der Waals surface area contributed by atoms with Crippen molar-refractivity contribution in [2.45, 2.75) is 110 Å². The molecule has 19 nitrogen and oxygen atoms in total. The maximum Gasteiger partial charge on any atom is 0.326 e. The molecule has 49 heavy (non-hydrogen) atoms. The predicted octanol–water partition coefficient (Wildman–Crippen LogP) is -0.671. The van der Waals surface area contributed by atoms with E-state index < -0.39 is 121 Å². The van der Waals surface area contributed by atoms with E-state index in [0.717, 1.165) is 67.2 Å². The molecule has 0 amide bonds. The number of fused-ring (bicyclic) bond motifs is 1. The zero-order chi connectivity index (χ0) is 37.2. The molecule has 0 N–H and O–H groups in total. The van der Waals surface area contributed by atoms with E-state index in [0.29, 0.717) is 0 Å². The average molecular weight is 722 g/mol. The third-order valence-corrected chi connectivity index (χ3v) is 7.93. The van der Waals surface area contributed by atoms with Crippen LogP contribution in [0.1, 0.15) is 55.4 Å². The van der Waals surface area contributed by atoms with Gasteiger partial charge in [-0.1, -0.05) is 0 Å². The van der Waals surface area contributed by atoms with Crippen molar-refractivity contribution >= 4 is 65.5 Å². The van der Waals surface area contributed by atoms with Crippen LogP contribution < -0.4 is 0 Å². The van der Waals surface area contributed by atoms with Crippen molar-refractivity contribution in [3.8, 4) is 0 Å². The summed E-state index contributed by atoms with van der Waals surface area (Å²) < 4.78 is 48.3. The van der Waals surface area contributed by atoms with Gasteiger partial charge in [-0.15, -0.1) is 11.8 Å². The van der Waals surface area contributed by atoms with Gasteiger partial charge in [-0.3, -0.25) is 43.2 Å². The van der Waals surface area contributed by atoms with E-state index in [1.807, 2.05) is 0 Å². The highest BCUT2D eigenvalue weighted by molar-refractivity contribution is 8.00. The number of carbonyl (C=O) groups excluding carboxylic acids is 9. The van der Waals surface area contributed by atoms with Gasteiger partial charge in [-0.25, -0.2) is 4.90 Å². The predicted molar refractivity (Wildman–Crippen MR) is 158 cm³/mol. The van der Waals surface area contributed by atoms with Crippen molar-refractivity contribution < 1.29 is 85.8 Å².